The molecule has 10 heteroatoms. The summed E-state index contributed by atoms with van der Waals surface area (Å²) in [5.74, 6) is -0.0470. The quantitative estimate of drug-likeness (QED) is 0.348. The van der Waals surface area contributed by atoms with Gasteiger partial charge in [0.25, 0.3) is 0 Å². The molecule has 34 heavy (non-hydrogen) atoms. The normalized spacial score (nSPS) is 13.9. The highest BCUT2D eigenvalue weighted by Crippen LogP contribution is 2.42. The molecule has 1 fully saturated rings. The van der Waals surface area contributed by atoms with Gasteiger partial charge in [0, 0.05) is 29.3 Å². The monoisotopic (exact) mass is 463 g/mol. The average molecular weight is 464 g/mol. The Kier molecular flexibility index (Phi) is 5.22. The van der Waals surface area contributed by atoms with Crippen LogP contribution < -0.4 is 16.4 Å². The summed E-state index contributed by atoms with van der Waals surface area (Å²) in [6.45, 7) is 6.12. The Labute approximate surface area is 195 Å². The predicted molar refractivity (Wildman–Crippen MR) is 128 cm³/mol. The number of carbonyl (C=O) groups excluding carboxylic acids is 1. The van der Waals surface area contributed by atoms with Crippen molar-refractivity contribution in [1.82, 2.24) is 19.7 Å². The summed E-state index contributed by atoms with van der Waals surface area (Å²) in [6.07, 6.45) is 6.39. The molecule has 0 atom stereocenters. The Bertz CT molecular complexity index is 1390. The minimum atomic E-state index is -0.633. The number of aromatic nitrogens is 4. The van der Waals surface area contributed by atoms with E-state index in [2.05, 4.69) is 30.3 Å². The Morgan fingerprint density at radius 1 is 1.26 bits per heavy atom. The molecule has 0 radical (unpaired) electrons. The summed E-state index contributed by atoms with van der Waals surface area (Å²) in [7, 11) is 0. The Hall–Kier alpha value is -3.95. The highest BCUT2D eigenvalue weighted by molar-refractivity contribution is 6.02. The fourth-order valence-electron chi connectivity index (χ4n) is 3.84. The molecule has 1 aromatic carbocycles. The molecule has 0 spiro atoms. The molecule has 3 heterocycles. The molecule has 1 aliphatic rings. The topological polar surface area (TPSA) is 124 Å². The summed E-state index contributed by atoms with van der Waals surface area (Å²) < 4.78 is 22.3. The smallest absolute Gasteiger partial charge is 0.326 e. The van der Waals surface area contributed by atoms with E-state index in [0.29, 0.717) is 22.8 Å². The first kappa shape index (κ1) is 21.9. The molecule has 9 nitrogen and oxygen atoms in total. The van der Waals surface area contributed by atoms with Crippen LogP contribution in [0, 0.1) is 5.82 Å². The van der Waals surface area contributed by atoms with Crippen LogP contribution in [0.3, 0.4) is 0 Å². The molecule has 176 valence electrons. The van der Waals surface area contributed by atoms with Crippen LogP contribution in [0.15, 0.2) is 41.3 Å². The summed E-state index contributed by atoms with van der Waals surface area (Å²) in [4.78, 5) is 20.9. The first-order valence-corrected chi connectivity index (χ1v) is 11.2. The lowest BCUT2D eigenvalue weighted by molar-refractivity contribution is 0.261. The largest absolute Gasteiger partial charge is 0.383 e. The van der Waals surface area contributed by atoms with Gasteiger partial charge in [-0.25, -0.2) is 19.2 Å². The van der Waals surface area contributed by atoms with Crippen LogP contribution >= 0.6 is 0 Å². The third-order valence-electron chi connectivity index (χ3n) is 6.43. The van der Waals surface area contributed by atoms with E-state index >= 15 is 0 Å². The van der Waals surface area contributed by atoms with Crippen LogP contribution in [0.5, 0.6) is 0 Å². The van der Waals surface area contributed by atoms with Gasteiger partial charge in [0.05, 0.1) is 16.8 Å². The molecular weight excluding hydrogens is 437 g/mol. The van der Waals surface area contributed by atoms with Crippen molar-refractivity contribution >= 4 is 34.5 Å². The highest BCUT2D eigenvalue weighted by atomic mass is 19.1. The fourth-order valence-corrected chi connectivity index (χ4v) is 3.84. The van der Waals surface area contributed by atoms with E-state index in [4.69, 9.17) is 10.3 Å². The van der Waals surface area contributed by atoms with Gasteiger partial charge in [0.2, 0.25) is 5.88 Å². The average Bonchev–Trinajstić information content (AvgIpc) is 3.40. The van der Waals surface area contributed by atoms with Gasteiger partial charge in [-0.1, -0.05) is 32.0 Å². The maximum atomic E-state index is 15.0. The van der Waals surface area contributed by atoms with Gasteiger partial charge in [0.15, 0.2) is 0 Å². The van der Waals surface area contributed by atoms with Crippen molar-refractivity contribution in [3.63, 3.8) is 0 Å². The van der Waals surface area contributed by atoms with E-state index in [1.165, 1.54) is 18.5 Å². The van der Waals surface area contributed by atoms with Crippen LogP contribution in [-0.2, 0) is 5.41 Å². The molecule has 4 N–H and O–H groups in total. The molecule has 1 saturated carbocycles. The van der Waals surface area contributed by atoms with Gasteiger partial charge in [-0.05, 0) is 37.0 Å². The summed E-state index contributed by atoms with van der Waals surface area (Å²) in [6, 6.07) is 6.02. The second kappa shape index (κ2) is 8.12. The number of halogens is 1. The number of nitrogens with one attached hydrogen (secondary N) is 2. The first-order valence-electron chi connectivity index (χ1n) is 11.2. The number of rotatable bonds is 6. The van der Waals surface area contributed by atoms with E-state index < -0.39 is 11.8 Å². The number of benzene rings is 1. The van der Waals surface area contributed by atoms with Crippen molar-refractivity contribution in [2.75, 3.05) is 16.4 Å². The molecule has 1 aliphatic carbocycles. The molecule has 4 aromatic rings. The number of urea groups is 1. The fraction of sp³-hybridized carbons (Fsp3) is 0.333. The third kappa shape index (κ3) is 3.95. The number of nitrogens with zero attached hydrogens (tertiary/aromatic N) is 4. The second-order valence-electron chi connectivity index (χ2n) is 9.23. The Balaban J connectivity index is 1.36. The highest BCUT2D eigenvalue weighted by Gasteiger charge is 2.28. The number of hydrogen-bond donors (Lipinski definition) is 3. The molecule has 0 bridgehead atoms. The van der Waals surface area contributed by atoms with Crippen molar-refractivity contribution in [2.24, 2.45) is 0 Å². The molecule has 0 unspecified atom stereocenters. The van der Waals surface area contributed by atoms with E-state index in [1.54, 1.807) is 12.1 Å². The van der Waals surface area contributed by atoms with E-state index in [9.17, 15) is 9.18 Å². The Morgan fingerprint density at radius 3 is 2.76 bits per heavy atom. The SMILES string of the molecule is CCC(C)(C)c1cc(NC(=O)Nc2ccc(-c3cn(C4CC4)c4ncnc(N)c34)cc2F)on1. The number of carbonyl (C=O) groups is 1. The lowest BCUT2D eigenvalue weighted by atomic mass is 9.87. The zero-order valence-electron chi connectivity index (χ0n) is 19.2. The number of fused-ring (bicyclic) bond motifs is 1. The van der Waals surface area contributed by atoms with Crippen LogP contribution in [0.4, 0.5) is 26.6 Å². The van der Waals surface area contributed by atoms with Crippen LogP contribution in [0.25, 0.3) is 22.2 Å². The van der Waals surface area contributed by atoms with Gasteiger partial charge in [0.1, 0.15) is 23.6 Å². The van der Waals surface area contributed by atoms with Crippen LogP contribution in [0.1, 0.15) is 51.8 Å². The molecule has 0 saturated heterocycles. The number of anilines is 3. The predicted octanol–water partition coefficient (Wildman–Crippen LogP) is 5.47. The number of nitrogen functional groups attached to an aromatic ring is 1. The first-order chi connectivity index (χ1) is 16.3. The number of amides is 2. The van der Waals surface area contributed by atoms with Gasteiger partial charge < -0.3 is 20.1 Å². The van der Waals surface area contributed by atoms with Crippen molar-refractivity contribution in [2.45, 2.75) is 51.5 Å². The van der Waals surface area contributed by atoms with E-state index in [1.807, 2.05) is 27.0 Å². The van der Waals surface area contributed by atoms with Gasteiger partial charge in [-0.3, -0.25) is 5.32 Å². The molecular formula is C24H26FN7O2. The van der Waals surface area contributed by atoms with Gasteiger partial charge in [-0.2, -0.15) is 0 Å². The summed E-state index contributed by atoms with van der Waals surface area (Å²) in [5.41, 5.74) is 8.83. The van der Waals surface area contributed by atoms with Crippen molar-refractivity contribution < 1.29 is 13.7 Å². The summed E-state index contributed by atoms with van der Waals surface area (Å²) >= 11 is 0. The molecule has 5 rings (SSSR count). The lowest BCUT2D eigenvalue weighted by Crippen LogP contribution is -2.20. The van der Waals surface area contributed by atoms with E-state index in [-0.39, 0.29) is 17.0 Å². The Morgan fingerprint density at radius 2 is 2.06 bits per heavy atom. The minimum absolute atomic E-state index is 0.0324. The van der Waals surface area contributed by atoms with Crippen molar-refractivity contribution in [1.29, 1.82) is 0 Å². The zero-order chi connectivity index (χ0) is 24.0. The number of nitrogens with two attached hydrogens (primary N) is 1. The molecule has 0 aliphatic heterocycles. The molecule has 3 aromatic heterocycles. The molecule has 2 amide bonds. The summed E-state index contributed by atoms with van der Waals surface area (Å²) in [5, 5.41) is 9.78. The minimum Gasteiger partial charge on any atom is -0.383 e. The standard InChI is InChI=1S/C24H26FN7O2/c1-4-24(2,3)18-10-19(34-31-18)30-23(33)29-17-8-5-13(9-16(17)25)15-11-32(14-6-7-14)22-20(15)21(26)27-12-28-22/h5,8-12,14H,4,6-7H2,1-3H3,(H2,26,27,28)(H2,29,30,33). The van der Waals surface area contributed by atoms with Crippen LogP contribution in [0.2, 0.25) is 0 Å². The van der Waals surface area contributed by atoms with Gasteiger partial charge >= 0.3 is 6.03 Å². The van der Waals surface area contributed by atoms with Crippen molar-refractivity contribution in [3.8, 4) is 11.1 Å². The van der Waals surface area contributed by atoms with Gasteiger partial charge in [-0.15, -0.1) is 0 Å². The lowest BCUT2D eigenvalue weighted by Gasteiger charge is -2.18. The maximum absolute atomic E-state index is 15.0. The number of hydrogen-bond acceptors (Lipinski definition) is 6. The van der Waals surface area contributed by atoms with Crippen LogP contribution in [-0.4, -0.2) is 25.7 Å². The third-order valence-corrected chi connectivity index (χ3v) is 6.43. The van der Waals surface area contributed by atoms with Crippen molar-refractivity contribution in [3.05, 3.63) is 48.3 Å². The second-order valence-corrected chi connectivity index (χ2v) is 9.23. The van der Waals surface area contributed by atoms with E-state index in [0.717, 1.165) is 36.2 Å². The maximum Gasteiger partial charge on any atom is 0.326 e. The zero-order valence-corrected chi connectivity index (χ0v) is 19.2.